The van der Waals surface area contributed by atoms with Crippen molar-refractivity contribution < 1.29 is 27.9 Å². The molecule has 0 bridgehead atoms. The van der Waals surface area contributed by atoms with Crippen molar-refractivity contribution in [3.8, 4) is 0 Å². The van der Waals surface area contributed by atoms with Gasteiger partial charge in [-0.3, -0.25) is 9.69 Å². The maximum atomic E-state index is 12.8. The van der Waals surface area contributed by atoms with E-state index in [1.807, 2.05) is 4.90 Å². The van der Waals surface area contributed by atoms with E-state index in [1.54, 1.807) is 11.3 Å². The summed E-state index contributed by atoms with van der Waals surface area (Å²) in [5, 5.41) is 10.5. The molecule has 2 aromatic rings. The number of halogens is 3. The largest absolute Gasteiger partial charge is 0.490 e. The fraction of sp³-hybridized carbons (Fsp3) is 0.577. The predicted molar refractivity (Wildman–Crippen MR) is 133 cm³/mol. The van der Waals surface area contributed by atoms with Gasteiger partial charge in [0.15, 0.2) is 0 Å². The van der Waals surface area contributed by atoms with Crippen LogP contribution in [0.25, 0.3) is 0 Å². The Morgan fingerprint density at radius 3 is 2.33 bits per heavy atom. The number of nitrogens with zero attached hydrogens (tertiary/aromatic N) is 3. The number of aromatic nitrogens is 1. The van der Waals surface area contributed by atoms with Gasteiger partial charge in [-0.2, -0.15) is 13.2 Å². The van der Waals surface area contributed by atoms with E-state index in [1.165, 1.54) is 29.7 Å². The van der Waals surface area contributed by atoms with E-state index >= 15 is 0 Å². The number of hydrogen-bond donors (Lipinski definition) is 1. The lowest BCUT2D eigenvalue weighted by Gasteiger charge is -2.40. The molecule has 1 aromatic carbocycles. The molecule has 0 radical (unpaired) electrons. The Balaban J connectivity index is 0.000000454. The first-order chi connectivity index (χ1) is 17.0. The smallest absolute Gasteiger partial charge is 0.475 e. The van der Waals surface area contributed by atoms with E-state index in [0.717, 1.165) is 44.2 Å². The van der Waals surface area contributed by atoms with Crippen LogP contribution >= 0.6 is 11.3 Å². The van der Waals surface area contributed by atoms with Gasteiger partial charge in [-0.05, 0) is 75.6 Å². The molecule has 2 heterocycles. The average molecular weight is 526 g/mol. The number of thiazole rings is 1. The van der Waals surface area contributed by atoms with Crippen LogP contribution < -0.4 is 0 Å². The van der Waals surface area contributed by atoms with Crippen LogP contribution in [0.5, 0.6) is 0 Å². The van der Waals surface area contributed by atoms with Gasteiger partial charge in [0, 0.05) is 31.4 Å². The Hall–Kier alpha value is -2.46. The Labute approximate surface area is 214 Å². The van der Waals surface area contributed by atoms with E-state index in [-0.39, 0.29) is 5.41 Å². The molecule has 1 saturated heterocycles. The van der Waals surface area contributed by atoms with E-state index in [2.05, 4.69) is 60.3 Å². The fourth-order valence-corrected chi connectivity index (χ4v) is 6.05. The predicted octanol–water partition coefficient (Wildman–Crippen LogP) is 5.36. The molecule has 36 heavy (non-hydrogen) atoms. The van der Waals surface area contributed by atoms with Gasteiger partial charge in [-0.25, -0.2) is 9.78 Å². The molecule has 1 atom stereocenters. The zero-order valence-corrected chi connectivity index (χ0v) is 21.8. The van der Waals surface area contributed by atoms with Gasteiger partial charge >= 0.3 is 12.1 Å². The molecule has 1 amide bonds. The van der Waals surface area contributed by atoms with Gasteiger partial charge in [0.25, 0.3) is 0 Å². The molecule has 6 nitrogen and oxygen atoms in total. The van der Waals surface area contributed by atoms with Crippen molar-refractivity contribution >= 4 is 23.2 Å². The van der Waals surface area contributed by atoms with Crippen LogP contribution in [-0.2, 0) is 21.5 Å². The van der Waals surface area contributed by atoms with Crippen LogP contribution in [0, 0.1) is 6.92 Å². The highest BCUT2D eigenvalue weighted by atomic mass is 32.1. The summed E-state index contributed by atoms with van der Waals surface area (Å²) in [5.74, 6) is -2.08. The first kappa shape index (κ1) is 28.1. The van der Waals surface area contributed by atoms with Crippen molar-refractivity contribution in [2.75, 3.05) is 26.2 Å². The summed E-state index contributed by atoms with van der Waals surface area (Å²) in [7, 11) is 0. The second-order valence-electron chi connectivity index (χ2n) is 9.48. The van der Waals surface area contributed by atoms with Crippen molar-refractivity contribution in [3.05, 3.63) is 51.5 Å². The number of rotatable bonds is 6. The Kier molecular flexibility index (Phi) is 9.16. The highest BCUT2D eigenvalue weighted by molar-refractivity contribution is 7.09. The standard InChI is InChI=1S/C24H33N3OS.C2HF3O2/c1-4-27(5-2)23(28)14-19-15-24(22-9-7-6-8-21(19)22)10-12-26(13-11-24)16-20-17-29-18(3)25-20;3-2(4,5)1(6)7/h6-9,17,19H,4-5,10-16H2,1-3H3;(H,6,7). The van der Waals surface area contributed by atoms with Gasteiger partial charge in [-0.15, -0.1) is 11.3 Å². The number of piperidine rings is 1. The SMILES string of the molecule is CCN(CC)C(=O)CC1CC2(CCN(Cc3csc(C)n3)CC2)c2ccccc21.O=C(O)C(F)(F)F. The van der Waals surface area contributed by atoms with Crippen LogP contribution in [-0.4, -0.2) is 64.1 Å². The summed E-state index contributed by atoms with van der Waals surface area (Å²) in [5.41, 5.74) is 4.40. The molecule has 1 aliphatic heterocycles. The number of fused-ring (bicyclic) bond motifs is 2. The lowest BCUT2D eigenvalue weighted by Crippen LogP contribution is -2.41. The minimum absolute atomic E-state index is 0.249. The van der Waals surface area contributed by atoms with E-state index in [4.69, 9.17) is 9.90 Å². The number of aliphatic carboxylic acids is 1. The minimum Gasteiger partial charge on any atom is -0.475 e. The fourth-order valence-electron chi connectivity index (χ4n) is 5.45. The molecule has 1 unspecified atom stereocenters. The normalized spacial score (nSPS) is 18.9. The number of carbonyl (C=O) groups excluding carboxylic acids is 1. The second kappa shape index (κ2) is 11.7. The van der Waals surface area contributed by atoms with Gasteiger partial charge < -0.3 is 10.0 Å². The highest BCUT2D eigenvalue weighted by Crippen LogP contribution is 2.52. The maximum absolute atomic E-state index is 12.8. The first-order valence-electron chi connectivity index (χ1n) is 12.3. The van der Waals surface area contributed by atoms with Gasteiger partial charge in [0.05, 0.1) is 10.7 Å². The molecule has 4 rings (SSSR count). The first-order valence-corrected chi connectivity index (χ1v) is 13.2. The molecule has 10 heteroatoms. The maximum Gasteiger partial charge on any atom is 0.490 e. The zero-order chi connectivity index (χ0) is 26.5. The molecule has 1 aliphatic carbocycles. The van der Waals surface area contributed by atoms with E-state index in [9.17, 15) is 18.0 Å². The monoisotopic (exact) mass is 525 g/mol. The number of amides is 1. The lowest BCUT2D eigenvalue weighted by atomic mass is 9.73. The van der Waals surface area contributed by atoms with Gasteiger partial charge in [-0.1, -0.05) is 24.3 Å². The Morgan fingerprint density at radius 1 is 1.19 bits per heavy atom. The van der Waals surface area contributed by atoms with Gasteiger partial charge in [0.1, 0.15) is 0 Å². The summed E-state index contributed by atoms with van der Waals surface area (Å²) in [6.07, 6.45) is -0.933. The summed E-state index contributed by atoms with van der Waals surface area (Å²) in [4.78, 5) is 30.9. The van der Waals surface area contributed by atoms with Crippen molar-refractivity contribution in [2.24, 2.45) is 0 Å². The Bertz CT molecular complexity index is 1040. The number of benzene rings is 1. The quantitative estimate of drug-likeness (QED) is 0.549. The molecule has 1 fully saturated rings. The number of carbonyl (C=O) groups is 2. The third-order valence-corrected chi connectivity index (χ3v) is 8.08. The highest BCUT2D eigenvalue weighted by Gasteiger charge is 2.45. The van der Waals surface area contributed by atoms with Crippen molar-refractivity contribution in [1.82, 2.24) is 14.8 Å². The number of likely N-dealkylation sites (tertiary alicyclic amines) is 1. The van der Waals surface area contributed by atoms with Crippen molar-refractivity contribution in [1.29, 1.82) is 0 Å². The number of alkyl halides is 3. The third-order valence-electron chi connectivity index (χ3n) is 7.25. The summed E-state index contributed by atoms with van der Waals surface area (Å²) in [6.45, 7) is 11.0. The average Bonchev–Trinajstić information content (AvgIpc) is 3.37. The van der Waals surface area contributed by atoms with Crippen LogP contribution in [0.1, 0.15) is 67.3 Å². The molecule has 198 valence electrons. The molecule has 2 aliphatic rings. The second-order valence-corrected chi connectivity index (χ2v) is 10.5. The van der Waals surface area contributed by atoms with Crippen LogP contribution in [0.3, 0.4) is 0 Å². The topological polar surface area (TPSA) is 73.7 Å². The van der Waals surface area contributed by atoms with Crippen LogP contribution in [0.2, 0.25) is 0 Å². The number of carboxylic acids is 1. The number of aryl methyl sites for hydroxylation is 1. The van der Waals surface area contributed by atoms with E-state index < -0.39 is 12.1 Å². The summed E-state index contributed by atoms with van der Waals surface area (Å²) >= 11 is 1.74. The summed E-state index contributed by atoms with van der Waals surface area (Å²) in [6, 6.07) is 8.93. The number of hydrogen-bond acceptors (Lipinski definition) is 5. The summed E-state index contributed by atoms with van der Waals surface area (Å²) < 4.78 is 31.7. The van der Waals surface area contributed by atoms with E-state index in [0.29, 0.717) is 18.2 Å². The molecule has 1 spiro atoms. The van der Waals surface area contributed by atoms with Crippen LogP contribution in [0.4, 0.5) is 13.2 Å². The zero-order valence-electron chi connectivity index (χ0n) is 21.0. The number of carboxylic acid groups (broad SMARTS) is 1. The minimum atomic E-state index is -5.08. The lowest BCUT2D eigenvalue weighted by molar-refractivity contribution is -0.192. The van der Waals surface area contributed by atoms with Crippen LogP contribution in [0.15, 0.2) is 29.6 Å². The molecule has 0 saturated carbocycles. The molecular weight excluding hydrogens is 491 g/mol. The van der Waals surface area contributed by atoms with Gasteiger partial charge in [0.2, 0.25) is 5.91 Å². The third kappa shape index (κ3) is 6.64. The molecular formula is C26H34F3N3O3S. The van der Waals surface area contributed by atoms with Crippen molar-refractivity contribution in [2.45, 2.75) is 70.5 Å². The molecule has 1 aromatic heterocycles. The van der Waals surface area contributed by atoms with Crippen molar-refractivity contribution in [3.63, 3.8) is 0 Å². The Morgan fingerprint density at radius 2 is 1.81 bits per heavy atom. The molecule has 1 N–H and O–H groups in total.